The van der Waals surface area contributed by atoms with Gasteiger partial charge in [-0.15, -0.1) is 0 Å². The first-order valence-electron chi connectivity index (χ1n) is 12.4. The summed E-state index contributed by atoms with van der Waals surface area (Å²) in [5.74, 6) is 0.0658. The highest BCUT2D eigenvalue weighted by Crippen LogP contribution is 2.38. The Morgan fingerprint density at radius 1 is 1.00 bits per heavy atom. The normalized spacial score (nSPS) is 17.2. The number of aryl methyl sites for hydroxylation is 1. The summed E-state index contributed by atoms with van der Waals surface area (Å²) in [5.41, 5.74) is 4.43. The quantitative estimate of drug-likeness (QED) is 0.423. The Hall–Kier alpha value is -3.35. The van der Waals surface area contributed by atoms with E-state index in [9.17, 15) is 9.59 Å². The summed E-state index contributed by atoms with van der Waals surface area (Å²) in [6, 6.07) is 19.0. The van der Waals surface area contributed by atoms with E-state index in [4.69, 9.17) is 16.3 Å². The fourth-order valence-electron chi connectivity index (χ4n) is 4.82. The van der Waals surface area contributed by atoms with Gasteiger partial charge in [-0.25, -0.2) is 0 Å². The molecule has 0 aromatic heterocycles. The van der Waals surface area contributed by atoms with Crippen LogP contribution in [-0.2, 0) is 0 Å². The SMILES string of the molecule is COc1cc(NC(=O)c2ccccc2C)ccc1C(=O)N1CCCC(NC2CC2)c2cc(Cl)ccc21. The van der Waals surface area contributed by atoms with E-state index in [2.05, 4.69) is 10.6 Å². The first kappa shape index (κ1) is 24.3. The molecule has 1 heterocycles. The van der Waals surface area contributed by atoms with Crippen molar-refractivity contribution in [3.05, 3.63) is 87.9 Å². The Labute approximate surface area is 216 Å². The Morgan fingerprint density at radius 2 is 1.81 bits per heavy atom. The molecule has 0 bridgehead atoms. The van der Waals surface area contributed by atoms with Crippen molar-refractivity contribution in [2.24, 2.45) is 0 Å². The standard InChI is InChI=1S/C29H30ClN3O3/c1-18-6-3-4-7-22(18)28(34)32-21-12-13-23(27(17-21)36-2)29(35)33-15-5-8-25(31-20-10-11-20)24-16-19(30)9-14-26(24)33/h3-4,6-7,9,12-14,16-17,20,25,31H,5,8,10-11,15H2,1-2H3,(H,32,34). The van der Waals surface area contributed by atoms with Crippen molar-refractivity contribution < 1.29 is 14.3 Å². The van der Waals surface area contributed by atoms with Gasteiger partial charge in [0.05, 0.1) is 12.7 Å². The predicted molar refractivity (Wildman–Crippen MR) is 143 cm³/mol. The summed E-state index contributed by atoms with van der Waals surface area (Å²) in [5, 5.41) is 7.30. The van der Waals surface area contributed by atoms with Crippen LogP contribution < -0.4 is 20.3 Å². The zero-order chi connectivity index (χ0) is 25.2. The van der Waals surface area contributed by atoms with Crippen LogP contribution in [0, 0.1) is 6.92 Å². The van der Waals surface area contributed by atoms with E-state index in [1.54, 1.807) is 24.3 Å². The van der Waals surface area contributed by atoms with E-state index in [1.807, 2.05) is 48.2 Å². The van der Waals surface area contributed by atoms with Crippen LogP contribution in [0.2, 0.25) is 5.02 Å². The molecule has 36 heavy (non-hydrogen) atoms. The minimum Gasteiger partial charge on any atom is -0.496 e. The van der Waals surface area contributed by atoms with E-state index < -0.39 is 0 Å². The molecule has 1 saturated carbocycles. The van der Waals surface area contributed by atoms with Crippen molar-refractivity contribution in [2.45, 2.75) is 44.7 Å². The minimum atomic E-state index is -0.207. The molecule has 2 aliphatic rings. The number of ether oxygens (including phenoxy) is 1. The van der Waals surface area contributed by atoms with Crippen LogP contribution in [0.4, 0.5) is 11.4 Å². The number of carbonyl (C=O) groups is 2. The monoisotopic (exact) mass is 503 g/mol. The highest BCUT2D eigenvalue weighted by molar-refractivity contribution is 6.30. The number of hydrogen-bond donors (Lipinski definition) is 2. The Balaban J connectivity index is 1.42. The highest BCUT2D eigenvalue weighted by Gasteiger charge is 2.32. The molecular weight excluding hydrogens is 474 g/mol. The van der Waals surface area contributed by atoms with Gasteiger partial charge in [0, 0.05) is 46.7 Å². The summed E-state index contributed by atoms with van der Waals surface area (Å²) in [6.45, 7) is 2.50. The number of rotatable bonds is 6. The molecule has 0 spiro atoms. The molecule has 1 aliphatic carbocycles. The Kier molecular flexibility index (Phi) is 6.99. The third-order valence-electron chi connectivity index (χ3n) is 6.87. The molecule has 2 N–H and O–H groups in total. The molecule has 0 saturated heterocycles. The van der Waals surface area contributed by atoms with E-state index in [0.29, 0.717) is 40.2 Å². The van der Waals surface area contributed by atoms with E-state index >= 15 is 0 Å². The second kappa shape index (κ2) is 10.3. The van der Waals surface area contributed by atoms with Crippen LogP contribution in [0.15, 0.2) is 60.7 Å². The molecule has 3 aromatic rings. The number of benzene rings is 3. The summed E-state index contributed by atoms with van der Waals surface area (Å²) in [4.78, 5) is 28.4. The third kappa shape index (κ3) is 5.11. The number of nitrogens with zero attached hydrogens (tertiary/aromatic N) is 1. The van der Waals surface area contributed by atoms with Gasteiger partial charge < -0.3 is 20.3 Å². The molecule has 186 valence electrons. The smallest absolute Gasteiger partial charge is 0.262 e. The van der Waals surface area contributed by atoms with Gasteiger partial charge >= 0.3 is 0 Å². The Bertz CT molecular complexity index is 1300. The maximum atomic E-state index is 13.8. The number of halogens is 1. The van der Waals surface area contributed by atoms with Crippen molar-refractivity contribution in [1.82, 2.24) is 5.32 Å². The molecule has 2 amide bonds. The van der Waals surface area contributed by atoms with Gasteiger partial charge in [0.2, 0.25) is 0 Å². The second-order valence-corrected chi connectivity index (χ2v) is 9.92. The summed E-state index contributed by atoms with van der Waals surface area (Å²) >= 11 is 6.37. The summed E-state index contributed by atoms with van der Waals surface area (Å²) in [6.07, 6.45) is 4.20. The van der Waals surface area contributed by atoms with E-state index in [1.165, 1.54) is 20.0 Å². The number of nitrogens with one attached hydrogen (secondary N) is 2. The lowest BCUT2D eigenvalue weighted by Gasteiger charge is -2.25. The van der Waals surface area contributed by atoms with E-state index in [0.717, 1.165) is 29.7 Å². The van der Waals surface area contributed by atoms with Crippen LogP contribution in [0.3, 0.4) is 0 Å². The molecule has 3 aromatic carbocycles. The fourth-order valence-corrected chi connectivity index (χ4v) is 5.00. The number of carbonyl (C=O) groups excluding carboxylic acids is 2. The van der Waals surface area contributed by atoms with Gasteiger partial charge in [-0.05, 0) is 80.1 Å². The lowest BCUT2D eigenvalue weighted by Crippen LogP contribution is -2.32. The molecule has 1 atom stereocenters. The largest absolute Gasteiger partial charge is 0.496 e. The molecule has 0 radical (unpaired) electrons. The predicted octanol–water partition coefficient (Wildman–Crippen LogP) is 6.14. The van der Waals surface area contributed by atoms with Crippen LogP contribution in [0.1, 0.15) is 63.6 Å². The van der Waals surface area contributed by atoms with Crippen LogP contribution >= 0.6 is 11.6 Å². The van der Waals surface area contributed by atoms with Crippen LogP contribution in [0.25, 0.3) is 0 Å². The van der Waals surface area contributed by atoms with Crippen molar-refractivity contribution in [2.75, 3.05) is 23.9 Å². The zero-order valence-electron chi connectivity index (χ0n) is 20.5. The molecule has 6 nitrogen and oxygen atoms in total. The van der Waals surface area contributed by atoms with Crippen LogP contribution in [0.5, 0.6) is 5.75 Å². The maximum Gasteiger partial charge on any atom is 0.262 e. The van der Waals surface area contributed by atoms with Crippen molar-refractivity contribution >= 4 is 34.8 Å². The lowest BCUT2D eigenvalue weighted by atomic mass is 10.0. The topological polar surface area (TPSA) is 70.7 Å². The van der Waals surface area contributed by atoms with Gasteiger partial charge in [-0.1, -0.05) is 29.8 Å². The lowest BCUT2D eigenvalue weighted by molar-refractivity contribution is 0.0983. The summed E-state index contributed by atoms with van der Waals surface area (Å²) < 4.78 is 5.60. The molecule has 7 heteroatoms. The average molecular weight is 504 g/mol. The fraction of sp³-hybridized carbons (Fsp3) is 0.310. The molecule has 1 aliphatic heterocycles. The third-order valence-corrected chi connectivity index (χ3v) is 7.10. The molecule has 1 fully saturated rings. The molecule has 1 unspecified atom stereocenters. The van der Waals surface area contributed by atoms with Gasteiger partial charge in [0.25, 0.3) is 11.8 Å². The minimum absolute atomic E-state index is 0.140. The number of hydrogen-bond acceptors (Lipinski definition) is 4. The van der Waals surface area contributed by atoms with Crippen molar-refractivity contribution in [3.8, 4) is 5.75 Å². The maximum absolute atomic E-state index is 13.8. The van der Waals surface area contributed by atoms with Crippen molar-refractivity contribution in [3.63, 3.8) is 0 Å². The van der Waals surface area contributed by atoms with Gasteiger partial charge in [0.15, 0.2) is 0 Å². The first-order chi connectivity index (χ1) is 17.4. The molecular formula is C29H30ClN3O3. The number of fused-ring (bicyclic) bond motifs is 1. The first-order valence-corrected chi connectivity index (χ1v) is 12.7. The second-order valence-electron chi connectivity index (χ2n) is 9.48. The zero-order valence-corrected chi connectivity index (χ0v) is 21.3. The van der Waals surface area contributed by atoms with E-state index in [-0.39, 0.29) is 17.9 Å². The molecule has 5 rings (SSSR count). The van der Waals surface area contributed by atoms with Gasteiger partial charge in [-0.2, -0.15) is 0 Å². The number of anilines is 2. The van der Waals surface area contributed by atoms with Crippen LogP contribution in [-0.4, -0.2) is 31.5 Å². The van der Waals surface area contributed by atoms with Gasteiger partial charge in [0.1, 0.15) is 5.75 Å². The summed E-state index contributed by atoms with van der Waals surface area (Å²) in [7, 11) is 1.53. The number of methoxy groups -OCH3 is 1. The van der Waals surface area contributed by atoms with Gasteiger partial charge in [-0.3, -0.25) is 9.59 Å². The Morgan fingerprint density at radius 3 is 2.56 bits per heavy atom. The average Bonchev–Trinajstić information content (AvgIpc) is 3.71. The number of amides is 2. The highest BCUT2D eigenvalue weighted by atomic mass is 35.5. The van der Waals surface area contributed by atoms with Crippen molar-refractivity contribution in [1.29, 1.82) is 0 Å².